The molecule has 2 aromatic rings. The summed E-state index contributed by atoms with van der Waals surface area (Å²) in [4.78, 5) is 14.6. The second-order valence-corrected chi connectivity index (χ2v) is 6.03. The molecule has 2 rings (SSSR count). The smallest absolute Gasteiger partial charge is 0.271 e. The Bertz CT molecular complexity index is 815. The average Bonchev–Trinajstić information content (AvgIpc) is 2.53. The number of azide groups is 1. The Balaban J connectivity index is 2.08. The van der Waals surface area contributed by atoms with Crippen LogP contribution in [0, 0.1) is 0 Å². The molecule has 2 N–H and O–H groups in total. The van der Waals surface area contributed by atoms with Gasteiger partial charge in [0.05, 0.1) is 10.7 Å². The molecule has 7 nitrogen and oxygen atoms in total. The van der Waals surface area contributed by atoms with E-state index in [2.05, 4.69) is 52.4 Å². The number of benzene rings is 2. The van der Waals surface area contributed by atoms with E-state index in [0.717, 1.165) is 4.47 Å². The molecule has 0 saturated carbocycles. The predicted molar refractivity (Wildman–Crippen MR) is 93.8 cm³/mol. The highest BCUT2D eigenvalue weighted by Gasteiger charge is 2.06. The Hall–Kier alpha value is -2.35. The van der Waals surface area contributed by atoms with Gasteiger partial charge in [-0.1, -0.05) is 33.2 Å². The van der Waals surface area contributed by atoms with E-state index in [1.807, 2.05) is 0 Å². The van der Waals surface area contributed by atoms with Crippen molar-refractivity contribution < 1.29 is 9.90 Å². The second kappa shape index (κ2) is 7.77. The Morgan fingerprint density at radius 2 is 1.96 bits per heavy atom. The maximum atomic E-state index is 11.9. The number of nitrogens with one attached hydrogen (secondary N) is 1. The molecule has 9 heteroatoms. The minimum absolute atomic E-state index is 0.0184. The van der Waals surface area contributed by atoms with Crippen LogP contribution in [0.4, 0.5) is 5.69 Å². The molecule has 1 amide bonds. The number of rotatable bonds is 4. The number of aromatic hydroxyl groups is 1. The summed E-state index contributed by atoms with van der Waals surface area (Å²) in [7, 11) is 0. The lowest BCUT2D eigenvalue weighted by atomic mass is 10.2. The number of hydrazone groups is 1. The van der Waals surface area contributed by atoms with Crippen molar-refractivity contribution in [1.82, 2.24) is 5.43 Å². The molecular formula is C14H9Br2N5O2. The first-order chi connectivity index (χ1) is 11.0. The average molecular weight is 439 g/mol. The number of halogens is 2. The highest BCUT2D eigenvalue weighted by molar-refractivity contribution is 9.11. The molecule has 0 fully saturated rings. The molecule has 0 aliphatic carbocycles. The Kier molecular flexibility index (Phi) is 5.75. The first-order valence-electron chi connectivity index (χ1n) is 6.18. The molecule has 0 spiro atoms. The van der Waals surface area contributed by atoms with Crippen LogP contribution in [-0.4, -0.2) is 17.2 Å². The fourth-order valence-electron chi connectivity index (χ4n) is 1.64. The van der Waals surface area contributed by atoms with Gasteiger partial charge in [0.15, 0.2) is 0 Å². The van der Waals surface area contributed by atoms with Gasteiger partial charge < -0.3 is 5.11 Å². The number of nitrogens with zero attached hydrogens (tertiary/aromatic N) is 4. The fraction of sp³-hybridized carbons (Fsp3) is 0. The maximum Gasteiger partial charge on any atom is 0.271 e. The Morgan fingerprint density at radius 1 is 1.26 bits per heavy atom. The Morgan fingerprint density at radius 3 is 2.61 bits per heavy atom. The van der Waals surface area contributed by atoms with Crippen LogP contribution in [0.15, 0.2) is 55.6 Å². The number of hydrogen-bond acceptors (Lipinski definition) is 4. The maximum absolute atomic E-state index is 11.9. The third-order valence-electron chi connectivity index (χ3n) is 2.72. The molecule has 0 heterocycles. The number of phenolic OH excluding ortho intramolecular Hbond substituents is 1. The van der Waals surface area contributed by atoms with Crippen molar-refractivity contribution in [1.29, 1.82) is 0 Å². The highest BCUT2D eigenvalue weighted by Crippen LogP contribution is 2.30. The van der Waals surface area contributed by atoms with Crippen LogP contribution in [0.2, 0.25) is 0 Å². The van der Waals surface area contributed by atoms with E-state index < -0.39 is 5.91 Å². The van der Waals surface area contributed by atoms with Gasteiger partial charge in [0.25, 0.3) is 5.91 Å². The van der Waals surface area contributed by atoms with Crippen molar-refractivity contribution in [3.8, 4) is 5.75 Å². The summed E-state index contributed by atoms with van der Waals surface area (Å²) in [6.45, 7) is 0. The van der Waals surface area contributed by atoms with Crippen molar-refractivity contribution >= 4 is 49.7 Å². The summed E-state index contributed by atoms with van der Waals surface area (Å²) >= 11 is 6.51. The van der Waals surface area contributed by atoms with Gasteiger partial charge in [0.1, 0.15) is 5.75 Å². The van der Waals surface area contributed by atoms with E-state index >= 15 is 0 Å². The van der Waals surface area contributed by atoms with Crippen molar-refractivity contribution in [2.45, 2.75) is 0 Å². The number of phenols is 1. The summed E-state index contributed by atoms with van der Waals surface area (Å²) in [5, 5.41) is 17.1. The van der Waals surface area contributed by atoms with E-state index in [4.69, 9.17) is 5.53 Å². The van der Waals surface area contributed by atoms with Crippen LogP contribution in [-0.2, 0) is 0 Å². The van der Waals surface area contributed by atoms with E-state index in [0.29, 0.717) is 21.3 Å². The van der Waals surface area contributed by atoms with Gasteiger partial charge >= 0.3 is 0 Å². The second-order valence-electron chi connectivity index (χ2n) is 4.26. The number of hydrogen-bond donors (Lipinski definition) is 2. The lowest BCUT2D eigenvalue weighted by Gasteiger charge is -2.03. The fourth-order valence-corrected chi connectivity index (χ4v) is 2.90. The highest BCUT2D eigenvalue weighted by atomic mass is 79.9. The molecule has 23 heavy (non-hydrogen) atoms. The van der Waals surface area contributed by atoms with Gasteiger partial charge in [0, 0.05) is 26.2 Å². The van der Waals surface area contributed by atoms with Crippen molar-refractivity contribution in [2.24, 2.45) is 10.2 Å². The van der Waals surface area contributed by atoms with Crippen LogP contribution >= 0.6 is 31.9 Å². The minimum atomic E-state index is -0.428. The first kappa shape index (κ1) is 17.0. The third-order valence-corrected chi connectivity index (χ3v) is 3.78. The first-order valence-corrected chi connectivity index (χ1v) is 7.76. The van der Waals surface area contributed by atoms with E-state index in [9.17, 15) is 9.90 Å². The lowest BCUT2D eigenvalue weighted by Crippen LogP contribution is -2.17. The zero-order chi connectivity index (χ0) is 16.8. The molecule has 0 saturated heterocycles. The quantitative estimate of drug-likeness (QED) is 0.238. The van der Waals surface area contributed by atoms with Crippen LogP contribution < -0.4 is 5.43 Å². The summed E-state index contributed by atoms with van der Waals surface area (Å²) in [5.41, 5.74) is 11.9. The summed E-state index contributed by atoms with van der Waals surface area (Å²) in [6, 6.07) is 9.43. The van der Waals surface area contributed by atoms with E-state index in [-0.39, 0.29) is 5.75 Å². The molecule has 0 radical (unpaired) electrons. The van der Waals surface area contributed by atoms with Gasteiger partial charge in [-0.25, -0.2) is 5.43 Å². The summed E-state index contributed by atoms with van der Waals surface area (Å²) in [5.74, 6) is -0.410. The van der Waals surface area contributed by atoms with Crippen LogP contribution in [0.5, 0.6) is 5.75 Å². The van der Waals surface area contributed by atoms with Crippen LogP contribution in [0.25, 0.3) is 10.4 Å². The van der Waals surface area contributed by atoms with Crippen molar-refractivity contribution in [2.75, 3.05) is 0 Å². The molecule has 116 valence electrons. The lowest BCUT2D eigenvalue weighted by molar-refractivity contribution is 0.0955. The SMILES string of the molecule is [N-]=[N+]=Nc1ccc(C(=O)NN=Cc2cc(Br)cc(Br)c2O)cc1. The van der Waals surface area contributed by atoms with E-state index in [1.165, 1.54) is 30.5 Å². The predicted octanol–water partition coefficient (Wildman–Crippen LogP) is 4.62. The van der Waals surface area contributed by atoms with Gasteiger partial charge in [-0.2, -0.15) is 5.10 Å². The van der Waals surface area contributed by atoms with Gasteiger partial charge in [-0.05, 0) is 45.7 Å². The van der Waals surface area contributed by atoms with Gasteiger partial charge in [-0.3, -0.25) is 4.79 Å². The van der Waals surface area contributed by atoms with Crippen molar-refractivity contribution in [3.63, 3.8) is 0 Å². The van der Waals surface area contributed by atoms with Crippen LogP contribution in [0.1, 0.15) is 15.9 Å². The Labute approximate surface area is 147 Å². The van der Waals surface area contributed by atoms with Gasteiger partial charge in [-0.15, -0.1) is 0 Å². The molecule has 0 bridgehead atoms. The van der Waals surface area contributed by atoms with E-state index in [1.54, 1.807) is 12.1 Å². The molecule has 0 aromatic heterocycles. The zero-order valence-electron chi connectivity index (χ0n) is 11.4. The molecule has 0 unspecified atom stereocenters. The van der Waals surface area contributed by atoms with Crippen molar-refractivity contribution in [3.05, 3.63) is 66.9 Å². The molecule has 2 aromatic carbocycles. The largest absolute Gasteiger partial charge is 0.506 e. The summed E-state index contributed by atoms with van der Waals surface area (Å²) in [6.07, 6.45) is 1.33. The molecule has 0 aliphatic rings. The normalized spacial score (nSPS) is 10.3. The minimum Gasteiger partial charge on any atom is -0.506 e. The third kappa shape index (κ3) is 4.56. The molecule has 0 atom stereocenters. The van der Waals surface area contributed by atoms with Gasteiger partial charge in [0.2, 0.25) is 0 Å². The number of amides is 1. The summed E-state index contributed by atoms with van der Waals surface area (Å²) < 4.78 is 1.26. The topological polar surface area (TPSA) is 110 Å². The zero-order valence-corrected chi connectivity index (χ0v) is 14.6. The monoisotopic (exact) mass is 437 g/mol. The standard InChI is InChI=1S/C14H9Br2N5O2/c15-10-5-9(13(22)12(16)6-10)7-18-20-14(23)8-1-3-11(4-2-8)19-21-17/h1-7,22H,(H,20,23). The number of carbonyl (C=O) groups is 1. The van der Waals surface area contributed by atoms with Crippen LogP contribution in [0.3, 0.4) is 0 Å². The molecule has 0 aliphatic heterocycles. The molecular weight excluding hydrogens is 430 g/mol. The number of carbonyl (C=O) groups excluding carboxylic acids is 1.